The summed E-state index contributed by atoms with van der Waals surface area (Å²) < 4.78 is 9.63. The highest BCUT2D eigenvalue weighted by molar-refractivity contribution is 6.03. The Hall–Kier alpha value is -4.12. The molecule has 0 unspecified atom stereocenters. The number of esters is 2. The first-order valence-electron chi connectivity index (χ1n) is 8.70. The van der Waals surface area contributed by atoms with Crippen molar-refractivity contribution in [2.45, 2.75) is 20.0 Å². The minimum Gasteiger partial charge on any atom is -0.478 e. The highest BCUT2D eigenvalue weighted by Crippen LogP contribution is 2.16. The third-order valence-corrected chi connectivity index (χ3v) is 3.82. The molecule has 30 heavy (non-hydrogen) atoms. The van der Waals surface area contributed by atoms with Crippen molar-refractivity contribution in [3.8, 4) is 11.8 Å². The molecule has 0 amide bonds. The summed E-state index contributed by atoms with van der Waals surface area (Å²) in [7, 11) is 1.13. The van der Waals surface area contributed by atoms with Crippen molar-refractivity contribution in [1.82, 2.24) is 0 Å². The van der Waals surface area contributed by atoms with Crippen LogP contribution in [0.1, 0.15) is 66.4 Å². The van der Waals surface area contributed by atoms with Gasteiger partial charge in [-0.3, -0.25) is 0 Å². The molecule has 0 bridgehead atoms. The molecule has 2 N–H and O–H groups in total. The van der Waals surface area contributed by atoms with Crippen LogP contribution in [0, 0.1) is 11.8 Å². The number of methoxy groups -OCH3 is 1. The molecule has 154 valence electrons. The van der Waals surface area contributed by atoms with Crippen molar-refractivity contribution in [2.24, 2.45) is 0 Å². The van der Waals surface area contributed by atoms with Crippen molar-refractivity contribution < 1.29 is 38.9 Å². The smallest absolute Gasteiger partial charge is 0.339 e. The average Bonchev–Trinajstić information content (AvgIpc) is 2.70. The summed E-state index contributed by atoms with van der Waals surface area (Å²) in [6.07, 6.45) is -0.406. The predicted molar refractivity (Wildman–Crippen MR) is 105 cm³/mol. The lowest BCUT2D eigenvalue weighted by molar-refractivity contribution is 0.0370. The van der Waals surface area contributed by atoms with Gasteiger partial charge in [-0.05, 0) is 50.2 Å². The molecule has 0 spiro atoms. The third-order valence-electron chi connectivity index (χ3n) is 3.82. The van der Waals surface area contributed by atoms with Gasteiger partial charge < -0.3 is 19.7 Å². The number of ether oxygens (including phenoxy) is 2. The summed E-state index contributed by atoms with van der Waals surface area (Å²) in [4.78, 5) is 46.7. The first kappa shape index (κ1) is 22.2. The van der Waals surface area contributed by atoms with E-state index in [9.17, 15) is 29.4 Å². The maximum Gasteiger partial charge on any atom is 0.339 e. The number of carboxylic acid groups (broad SMARTS) is 2. The number of carbonyl (C=O) groups is 4. The van der Waals surface area contributed by atoms with Gasteiger partial charge in [0, 0.05) is 11.1 Å². The predicted octanol–water partition coefficient (Wildman–Crippen LogP) is 2.83. The molecular weight excluding hydrogens is 392 g/mol. The number of hydrogen-bond donors (Lipinski definition) is 2. The van der Waals surface area contributed by atoms with E-state index in [0.29, 0.717) is 11.1 Å². The van der Waals surface area contributed by atoms with Gasteiger partial charge in [0.25, 0.3) is 0 Å². The molecule has 2 rings (SSSR count). The number of hydrogen-bond acceptors (Lipinski definition) is 6. The van der Waals surface area contributed by atoms with E-state index in [0.717, 1.165) is 7.11 Å². The molecule has 0 heterocycles. The van der Waals surface area contributed by atoms with E-state index in [1.54, 1.807) is 13.8 Å². The number of carbonyl (C=O) groups excluding carboxylic acids is 2. The monoisotopic (exact) mass is 410 g/mol. The third kappa shape index (κ3) is 5.23. The van der Waals surface area contributed by atoms with Gasteiger partial charge in [-0.25, -0.2) is 19.2 Å². The van der Waals surface area contributed by atoms with Crippen LogP contribution in [0.15, 0.2) is 36.4 Å². The normalized spacial score (nSPS) is 10.0. The molecule has 0 saturated carbocycles. The number of carboxylic acids is 2. The summed E-state index contributed by atoms with van der Waals surface area (Å²) >= 11 is 0. The highest BCUT2D eigenvalue weighted by atomic mass is 16.5. The van der Waals surface area contributed by atoms with E-state index < -0.39 is 30.0 Å². The summed E-state index contributed by atoms with van der Waals surface area (Å²) in [5.74, 6) is 1.29. The Bertz CT molecular complexity index is 1090. The van der Waals surface area contributed by atoms with Crippen LogP contribution in [0.3, 0.4) is 0 Å². The summed E-state index contributed by atoms with van der Waals surface area (Å²) in [5, 5.41) is 18.6. The molecule has 0 fully saturated rings. The lowest BCUT2D eigenvalue weighted by atomic mass is 10.0. The minimum absolute atomic E-state index is 0.0967. The van der Waals surface area contributed by atoms with E-state index in [2.05, 4.69) is 16.6 Å². The average molecular weight is 410 g/mol. The van der Waals surface area contributed by atoms with Crippen molar-refractivity contribution in [3.63, 3.8) is 0 Å². The Morgan fingerprint density at radius 1 is 0.767 bits per heavy atom. The molecule has 8 heteroatoms. The van der Waals surface area contributed by atoms with Gasteiger partial charge in [-0.1, -0.05) is 11.8 Å². The van der Waals surface area contributed by atoms with Crippen LogP contribution >= 0.6 is 0 Å². The number of benzene rings is 2. The number of aromatic carboxylic acids is 2. The van der Waals surface area contributed by atoms with E-state index in [-0.39, 0.29) is 22.3 Å². The molecule has 2 aromatic rings. The van der Waals surface area contributed by atoms with Crippen molar-refractivity contribution >= 4 is 23.9 Å². The second-order valence-electron chi connectivity index (χ2n) is 6.33. The van der Waals surface area contributed by atoms with Crippen molar-refractivity contribution in [1.29, 1.82) is 0 Å². The van der Waals surface area contributed by atoms with Gasteiger partial charge in [0.1, 0.15) is 0 Å². The summed E-state index contributed by atoms with van der Waals surface area (Å²) in [5.41, 5.74) is -0.121. The second-order valence-corrected chi connectivity index (χ2v) is 6.33. The standard InChI is InChI=1S/C22H18O8/c1-12(2)30-22(28)16-9-7-13(10-17(16)20(25)26)4-5-14-6-8-15(19(23)24)18(11-14)21(27)29-3/h6-12H,1-3H3,(H,23,24)(H,25,26). The zero-order chi connectivity index (χ0) is 22.4. The molecule has 0 saturated heterocycles. The molecule has 0 radical (unpaired) electrons. The Labute approximate surface area is 172 Å². The topological polar surface area (TPSA) is 127 Å². The summed E-state index contributed by atoms with van der Waals surface area (Å²) in [6.45, 7) is 3.30. The van der Waals surface area contributed by atoms with Gasteiger partial charge in [-0.15, -0.1) is 0 Å². The fourth-order valence-corrected chi connectivity index (χ4v) is 2.49. The minimum atomic E-state index is -1.31. The maximum absolute atomic E-state index is 12.1. The Kier molecular flexibility index (Phi) is 6.94. The van der Waals surface area contributed by atoms with E-state index in [1.165, 1.54) is 36.4 Å². The Morgan fingerprint density at radius 3 is 1.73 bits per heavy atom. The highest BCUT2D eigenvalue weighted by Gasteiger charge is 2.19. The van der Waals surface area contributed by atoms with Crippen molar-refractivity contribution in [2.75, 3.05) is 7.11 Å². The van der Waals surface area contributed by atoms with E-state index >= 15 is 0 Å². The molecule has 8 nitrogen and oxygen atoms in total. The van der Waals surface area contributed by atoms with Gasteiger partial charge >= 0.3 is 23.9 Å². The SMILES string of the molecule is COC(=O)c1cc(C#Cc2ccc(C(=O)OC(C)C)c(C(=O)O)c2)ccc1C(=O)O. The Balaban J connectivity index is 2.44. The van der Waals surface area contributed by atoms with E-state index in [4.69, 9.17) is 4.74 Å². The second kappa shape index (κ2) is 9.39. The number of rotatable bonds is 5. The first-order chi connectivity index (χ1) is 14.1. The van der Waals surface area contributed by atoms with E-state index in [1.807, 2.05) is 0 Å². The van der Waals surface area contributed by atoms with Crippen LogP contribution < -0.4 is 0 Å². The molecule has 0 aliphatic carbocycles. The maximum atomic E-state index is 12.1. The van der Waals surface area contributed by atoms with Gasteiger partial charge in [0.2, 0.25) is 0 Å². The molecule has 0 aromatic heterocycles. The van der Waals surface area contributed by atoms with Crippen LogP contribution in [0.2, 0.25) is 0 Å². The van der Waals surface area contributed by atoms with Crippen LogP contribution in [-0.4, -0.2) is 47.3 Å². The quantitative estimate of drug-likeness (QED) is 0.569. The van der Waals surface area contributed by atoms with Gasteiger partial charge in [-0.2, -0.15) is 0 Å². The molecule has 0 aliphatic rings. The molecule has 0 aliphatic heterocycles. The first-order valence-corrected chi connectivity index (χ1v) is 8.70. The summed E-state index contributed by atoms with van der Waals surface area (Å²) in [6, 6.07) is 7.92. The molecular formula is C22H18O8. The zero-order valence-electron chi connectivity index (χ0n) is 16.4. The fraction of sp³-hybridized carbons (Fsp3) is 0.182. The largest absolute Gasteiger partial charge is 0.478 e. The molecule has 0 atom stereocenters. The lowest BCUT2D eigenvalue weighted by Gasteiger charge is -2.10. The zero-order valence-corrected chi connectivity index (χ0v) is 16.4. The Morgan fingerprint density at radius 2 is 1.27 bits per heavy atom. The van der Waals surface area contributed by atoms with Gasteiger partial charge in [0.05, 0.1) is 35.5 Å². The van der Waals surface area contributed by atoms with Gasteiger partial charge in [0.15, 0.2) is 0 Å². The van der Waals surface area contributed by atoms with Crippen LogP contribution in [0.4, 0.5) is 0 Å². The molecule has 2 aromatic carbocycles. The lowest BCUT2D eigenvalue weighted by Crippen LogP contribution is -2.15. The van der Waals surface area contributed by atoms with Crippen LogP contribution in [-0.2, 0) is 9.47 Å². The van der Waals surface area contributed by atoms with Crippen LogP contribution in [0.5, 0.6) is 0 Å². The van der Waals surface area contributed by atoms with Crippen molar-refractivity contribution in [3.05, 3.63) is 69.8 Å². The van der Waals surface area contributed by atoms with Crippen LogP contribution in [0.25, 0.3) is 0 Å². The fourth-order valence-electron chi connectivity index (χ4n) is 2.49.